The molecule has 1 atom stereocenters. The van der Waals surface area contributed by atoms with Crippen molar-refractivity contribution >= 4 is 5.91 Å². The second-order valence-corrected chi connectivity index (χ2v) is 5.83. The summed E-state index contributed by atoms with van der Waals surface area (Å²) in [5.41, 5.74) is 0.345. The van der Waals surface area contributed by atoms with Crippen LogP contribution in [0.3, 0.4) is 0 Å². The van der Waals surface area contributed by atoms with Gasteiger partial charge in [0.2, 0.25) is 0 Å². The average Bonchev–Trinajstić information content (AvgIpc) is 3.29. The molecule has 1 saturated heterocycles. The Balaban J connectivity index is 1.73. The molecule has 6 heteroatoms. The highest BCUT2D eigenvalue weighted by molar-refractivity contribution is 5.92. The summed E-state index contributed by atoms with van der Waals surface area (Å²) in [5.74, 6) is 1.34. The molecule has 2 aromatic heterocycles. The van der Waals surface area contributed by atoms with Crippen molar-refractivity contribution in [1.82, 2.24) is 10.1 Å². The number of aryl methyl sites for hydroxylation is 1. The summed E-state index contributed by atoms with van der Waals surface area (Å²) in [4.78, 5) is 14.5. The predicted octanol–water partition coefficient (Wildman–Crippen LogP) is 3.04. The van der Waals surface area contributed by atoms with Gasteiger partial charge in [0.25, 0.3) is 5.91 Å². The van der Waals surface area contributed by atoms with E-state index in [0.29, 0.717) is 18.8 Å². The maximum atomic E-state index is 12.8. The van der Waals surface area contributed by atoms with Gasteiger partial charge in [-0.05, 0) is 31.4 Å². The second-order valence-electron chi connectivity index (χ2n) is 5.83. The van der Waals surface area contributed by atoms with Crippen LogP contribution in [0.2, 0.25) is 0 Å². The van der Waals surface area contributed by atoms with E-state index < -0.39 is 0 Å². The average molecular weight is 318 g/mol. The number of rotatable bonds is 7. The molecule has 3 heterocycles. The third-order valence-electron chi connectivity index (χ3n) is 3.94. The zero-order chi connectivity index (χ0) is 16.1. The van der Waals surface area contributed by atoms with Gasteiger partial charge in [0.1, 0.15) is 11.5 Å². The molecule has 1 aliphatic heterocycles. The van der Waals surface area contributed by atoms with Gasteiger partial charge in [-0.2, -0.15) is 0 Å². The molecule has 2 aromatic rings. The first-order valence-corrected chi connectivity index (χ1v) is 8.15. The molecule has 0 spiro atoms. The van der Waals surface area contributed by atoms with Crippen LogP contribution in [0.4, 0.5) is 0 Å². The molecule has 23 heavy (non-hydrogen) atoms. The third-order valence-corrected chi connectivity index (χ3v) is 3.94. The molecule has 0 bridgehead atoms. The van der Waals surface area contributed by atoms with Crippen LogP contribution in [-0.4, -0.2) is 35.2 Å². The highest BCUT2D eigenvalue weighted by Crippen LogP contribution is 2.18. The highest BCUT2D eigenvalue weighted by atomic mass is 16.5. The zero-order valence-electron chi connectivity index (χ0n) is 13.4. The Hall–Kier alpha value is -2.08. The summed E-state index contributed by atoms with van der Waals surface area (Å²) >= 11 is 0. The summed E-state index contributed by atoms with van der Waals surface area (Å²) < 4.78 is 16.3. The molecule has 0 N–H and O–H groups in total. The summed E-state index contributed by atoms with van der Waals surface area (Å²) in [7, 11) is 0. The largest absolute Gasteiger partial charge is 0.467 e. The van der Waals surface area contributed by atoms with Crippen LogP contribution in [-0.2, 0) is 17.7 Å². The lowest BCUT2D eigenvalue weighted by molar-refractivity contribution is 0.0484. The van der Waals surface area contributed by atoms with E-state index in [1.54, 1.807) is 17.2 Å². The van der Waals surface area contributed by atoms with Gasteiger partial charge in [-0.3, -0.25) is 4.79 Å². The minimum absolute atomic E-state index is 0.0796. The van der Waals surface area contributed by atoms with Crippen molar-refractivity contribution in [1.29, 1.82) is 0 Å². The number of nitrogens with zero attached hydrogens (tertiary/aromatic N) is 2. The highest BCUT2D eigenvalue weighted by Gasteiger charge is 2.26. The van der Waals surface area contributed by atoms with Gasteiger partial charge in [0, 0.05) is 25.6 Å². The SMILES string of the molecule is CCCc1cc(C(=O)N(Cc2ccco2)C[C@H]2CCCO2)no1. The molecular formula is C17H22N2O4. The zero-order valence-corrected chi connectivity index (χ0v) is 13.4. The predicted molar refractivity (Wildman–Crippen MR) is 82.9 cm³/mol. The van der Waals surface area contributed by atoms with Crippen molar-refractivity contribution in [2.75, 3.05) is 13.2 Å². The van der Waals surface area contributed by atoms with Gasteiger partial charge in [0.15, 0.2) is 5.69 Å². The Morgan fingerprint density at radius 2 is 2.35 bits per heavy atom. The van der Waals surface area contributed by atoms with Crippen molar-refractivity contribution in [3.8, 4) is 0 Å². The molecule has 1 amide bonds. The van der Waals surface area contributed by atoms with Crippen LogP contribution >= 0.6 is 0 Å². The molecule has 0 radical (unpaired) electrons. The fourth-order valence-corrected chi connectivity index (χ4v) is 2.78. The van der Waals surface area contributed by atoms with Gasteiger partial charge >= 0.3 is 0 Å². The molecule has 6 nitrogen and oxygen atoms in total. The summed E-state index contributed by atoms with van der Waals surface area (Å²) in [6, 6.07) is 5.41. The number of ether oxygens (including phenoxy) is 1. The van der Waals surface area contributed by atoms with E-state index in [1.807, 2.05) is 12.1 Å². The first-order chi connectivity index (χ1) is 11.3. The molecule has 1 aliphatic rings. The fourth-order valence-electron chi connectivity index (χ4n) is 2.78. The number of furan rings is 1. The van der Waals surface area contributed by atoms with Crippen LogP contribution in [0.1, 0.15) is 48.2 Å². The first-order valence-electron chi connectivity index (χ1n) is 8.15. The van der Waals surface area contributed by atoms with Crippen molar-refractivity contribution < 1.29 is 18.5 Å². The smallest absolute Gasteiger partial charge is 0.276 e. The number of carbonyl (C=O) groups is 1. The van der Waals surface area contributed by atoms with Gasteiger partial charge in [-0.25, -0.2) is 0 Å². The minimum atomic E-state index is -0.150. The summed E-state index contributed by atoms with van der Waals surface area (Å²) in [5, 5.41) is 3.92. The van der Waals surface area contributed by atoms with Crippen molar-refractivity contribution in [3.63, 3.8) is 0 Å². The van der Waals surface area contributed by atoms with Crippen LogP contribution in [0.5, 0.6) is 0 Å². The number of aromatic nitrogens is 1. The maximum absolute atomic E-state index is 12.8. The van der Waals surface area contributed by atoms with Gasteiger partial charge in [0.05, 0.1) is 18.9 Å². The Bertz CT molecular complexity index is 614. The van der Waals surface area contributed by atoms with Crippen LogP contribution in [0.25, 0.3) is 0 Å². The van der Waals surface area contributed by atoms with Crippen LogP contribution < -0.4 is 0 Å². The molecule has 0 unspecified atom stereocenters. The molecule has 124 valence electrons. The van der Waals surface area contributed by atoms with Crippen LogP contribution in [0.15, 0.2) is 33.4 Å². The van der Waals surface area contributed by atoms with E-state index in [4.69, 9.17) is 13.7 Å². The summed E-state index contributed by atoms with van der Waals surface area (Å²) in [6.45, 7) is 3.76. The van der Waals surface area contributed by atoms with Crippen molar-refractivity contribution in [3.05, 3.63) is 41.7 Å². The van der Waals surface area contributed by atoms with Gasteiger partial charge in [-0.15, -0.1) is 0 Å². The molecule has 0 aliphatic carbocycles. The third kappa shape index (κ3) is 4.01. The standard InChI is InChI=1S/C17H22N2O4/c1-2-5-13-10-16(18-23-13)17(20)19(11-14-6-3-8-21-14)12-15-7-4-9-22-15/h3,6,8,10,15H,2,4-5,7,9,11-12H2,1H3/t15-/m1/s1. The van der Waals surface area contributed by atoms with E-state index >= 15 is 0 Å². The quantitative estimate of drug-likeness (QED) is 0.785. The van der Waals surface area contributed by atoms with Crippen molar-refractivity contribution in [2.24, 2.45) is 0 Å². The van der Waals surface area contributed by atoms with E-state index in [1.165, 1.54) is 0 Å². The topological polar surface area (TPSA) is 68.7 Å². The van der Waals surface area contributed by atoms with E-state index in [0.717, 1.165) is 43.8 Å². The molecule has 1 fully saturated rings. The minimum Gasteiger partial charge on any atom is -0.467 e. The fraction of sp³-hybridized carbons (Fsp3) is 0.529. The Morgan fingerprint density at radius 3 is 3.04 bits per heavy atom. The number of carbonyl (C=O) groups excluding carboxylic acids is 1. The van der Waals surface area contributed by atoms with Crippen molar-refractivity contribution in [2.45, 2.75) is 45.3 Å². The molecular weight excluding hydrogens is 296 g/mol. The van der Waals surface area contributed by atoms with Gasteiger partial charge in [-0.1, -0.05) is 12.1 Å². The van der Waals surface area contributed by atoms with E-state index in [9.17, 15) is 4.79 Å². The molecule has 0 saturated carbocycles. The lowest BCUT2D eigenvalue weighted by Crippen LogP contribution is -2.37. The first kappa shape index (κ1) is 15.8. The maximum Gasteiger partial charge on any atom is 0.276 e. The van der Waals surface area contributed by atoms with E-state index in [2.05, 4.69) is 12.1 Å². The number of amides is 1. The summed E-state index contributed by atoms with van der Waals surface area (Å²) in [6.07, 6.45) is 5.44. The normalized spacial score (nSPS) is 17.5. The monoisotopic (exact) mass is 318 g/mol. The van der Waals surface area contributed by atoms with E-state index in [-0.39, 0.29) is 12.0 Å². The Kier molecular flexibility index (Phi) is 5.12. The lowest BCUT2D eigenvalue weighted by Gasteiger charge is -2.23. The second kappa shape index (κ2) is 7.46. The lowest BCUT2D eigenvalue weighted by atomic mass is 10.2. The molecule has 0 aromatic carbocycles. The molecule has 3 rings (SSSR count). The Labute approximate surface area is 135 Å². The van der Waals surface area contributed by atoms with Gasteiger partial charge < -0.3 is 18.6 Å². The number of hydrogen-bond acceptors (Lipinski definition) is 5. The Morgan fingerprint density at radius 1 is 1.43 bits per heavy atom. The number of hydrogen-bond donors (Lipinski definition) is 0. The van der Waals surface area contributed by atoms with Crippen LogP contribution in [0, 0.1) is 0 Å².